The summed E-state index contributed by atoms with van der Waals surface area (Å²) in [5.41, 5.74) is 2.09. The van der Waals surface area contributed by atoms with Gasteiger partial charge in [0.15, 0.2) is 0 Å². The minimum Gasteiger partial charge on any atom is -0.340 e. The summed E-state index contributed by atoms with van der Waals surface area (Å²) in [4.78, 5) is 27.5. The number of aromatic nitrogens is 2. The van der Waals surface area contributed by atoms with Crippen molar-refractivity contribution in [2.75, 3.05) is 31.3 Å². The van der Waals surface area contributed by atoms with Crippen LogP contribution in [-0.2, 0) is 9.59 Å². The Kier molecular flexibility index (Phi) is 4.19. The minimum absolute atomic E-state index is 0.0582. The zero-order valence-corrected chi connectivity index (χ0v) is 13.0. The highest BCUT2D eigenvalue weighted by Gasteiger charge is 2.29. The number of aryl methyl sites for hydroxylation is 1. The topological polar surface area (TPSA) is 69.3 Å². The molecule has 3 heterocycles. The second kappa shape index (κ2) is 6.09. The highest BCUT2D eigenvalue weighted by atomic mass is 32.2. The van der Waals surface area contributed by atoms with Gasteiger partial charge < -0.3 is 9.80 Å². The summed E-state index contributed by atoms with van der Waals surface area (Å²) in [5, 5.41) is 7.28. The Morgan fingerprint density at radius 1 is 1.57 bits per heavy atom. The number of nitrogens with one attached hydrogen (secondary N) is 1. The van der Waals surface area contributed by atoms with Crippen LogP contribution in [0.15, 0.2) is 6.07 Å². The minimum atomic E-state index is 0.0582. The molecule has 0 radical (unpaired) electrons. The number of carbonyl (C=O) groups excluding carboxylic acids is 2. The normalized spacial score (nSPS) is 22.9. The zero-order chi connectivity index (χ0) is 14.8. The first-order valence-corrected chi connectivity index (χ1v) is 8.44. The third-order valence-corrected chi connectivity index (χ3v) is 5.01. The number of H-pyrrole nitrogens is 1. The summed E-state index contributed by atoms with van der Waals surface area (Å²) in [6.45, 7) is 3.70. The summed E-state index contributed by atoms with van der Waals surface area (Å²) in [7, 11) is 0. The third-order valence-electron chi connectivity index (χ3n) is 4.07. The van der Waals surface area contributed by atoms with Gasteiger partial charge in [0, 0.05) is 24.7 Å². The second-order valence-corrected chi connectivity index (χ2v) is 6.68. The monoisotopic (exact) mass is 308 g/mol. The molecule has 2 saturated heterocycles. The predicted octanol–water partition coefficient (Wildman–Crippen LogP) is 0.957. The first-order valence-electron chi connectivity index (χ1n) is 7.28. The average molecular weight is 308 g/mol. The summed E-state index contributed by atoms with van der Waals surface area (Å²) in [5.74, 6) is 1.58. The molecule has 3 rings (SSSR count). The van der Waals surface area contributed by atoms with Crippen LogP contribution in [0.4, 0.5) is 0 Å². The molecule has 0 bridgehead atoms. The molecule has 1 N–H and O–H groups in total. The van der Waals surface area contributed by atoms with Crippen molar-refractivity contribution in [3.8, 4) is 0 Å². The van der Waals surface area contributed by atoms with Crippen LogP contribution in [0.1, 0.15) is 30.1 Å². The van der Waals surface area contributed by atoms with Crippen LogP contribution in [0.3, 0.4) is 0 Å². The first-order chi connectivity index (χ1) is 10.1. The molecule has 2 aliphatic rings. The number of piperidine rings is 1. The number of likely N-dealkylation sites (tertiary alicyclic amines) is 1. The molecule has 0 unspecified atom stereocenters. The number of nitrogens with zero attached hydrogens (tertiary/aromatic N) is 3. The van der Waals surface area contributed by atoms with Crippen LogP contribution in [0.2, 0.25) is 0 Å². The smallest absolute Gasteiger partial charge is 0.242 e. The Bertz CT molecular complexity index is 545. The van der Waals surface area contributed by atoms with Crippen LogP contribution in [0.25, 0.3) is 0 Å². The molecule has 1 atom stereocenters. The number of amides is 2. The fraction of sp³-hybridized carbons (Fsp3) is 0.643. The van der Waals surface area contributed by atoms with E-state index in [0.29, 0.717) is 24.1 Å². The zero-order valence-electron chi connectivity index (χ0n) is 12.2. The molecule has 2 fully saturated rings. The van der Waals surface area contributed by atoms with Gasteiger partial charge in [0.1, 0.15) is 6.54 Å². The number of hydrogen-bond donors (Lipinski definition) is 1. The van der Waals surface area contributed by atoms with E-state index in [1.165, 1.54) is 0 Å². The predicted molar refractivity (Wildman–Crippen MR) is 80.9 cm³/mol. The lowest BCUT2D eigenvalue weighted by Gasteiger charge is -2.33. The van der Waals surface area contributed by atoms with Gasteiger partial charge in [-0.05, 0) is 25.8 Å². The molecule has 0 aliphatic carbocycles. The van der Waals surface area contributed by atoms with E-state index in [4.69, 9.17) is 0 Å². The number of carbonyl (C=O) groups is 2. The highest BCUT2D eigenvalue weighted by molar-refractivity contribution is 8.00. The largest absolute Gasteiger partial charge is 0.340 e. The van der Waals surface area contributed by atoms with Crippen molar-refractivity contribution in [1.82, 2.24) is 20.0 Å². The molecular weight excluding hydrogens is 288 g/mol. The van der Waals surface area contributed by atoms with Gasteiger partial charge in [0.25, 0.3) is 0 Å². The summed E-state index contributed by atoms with van der Waals surface area (Å²) >= 11 is 1.57. The first kappa shape index (κ1) is 14.4. The molecule has 6 nitrogen and oxygen atoms in total. The molecule has 1 aromatic heterocycles. The molecule has 2 aliphatic heterocycles. The Labute approximate surface area is 128 Å². The van der Waals surface area contributed by atoms with Gasteiger partial charge in [-0.2, -0.15) is 5.10 Å². The maximum atomic E-state index is 12.4. The maximum absolute atomic E-state index is 12.4. The number of thioether (sulfide) groups is 1. The van der Waals surface area contributed by atoms with Crippen molar-refractivity contribution in [3.05, 3.63) is 17.5 Å². The van der Waals surface area contributed by atoms with E-state index in [-0.39, 0.29) is 18.4 Å². The van der Waals surface area contributed by atoms with Crippen molar-refractivity contribution in [3.63, 3.8) is 0 Å². The molecule has 21 heavy (non-hydrogen) atoms. The van der Waals surface area contributed by atoms with Gasteiger partial charge in [-0.15, -0.1) is 11.8 Å². The van der Waals surface area contributed by atoms with E-state index >= 15 is 0 Å². The fourth-order valence-corrected chi connectivity index (χ4v) is 3.80. The Balaban J connectivity index is 1.60. The summed E-state index contributed by atoms with van der Waals surface area (Å²) in [6, 6.07) is 2.05. The molecule has 114 valence electrons. The van der Waals surface area contributed by atoms with Crippen LogP contribution < -0.4 is 0 Å². The third kappa shape index (κ3) is 3.23. The van der Waals surface area contributed by atoms with Crippen LogP contribution in [0, 0.1) is 6.92 Å². The Morgan fingerprint density at radius 2 is 2.43 bits per heavy atom. The molecule has 2 amide bonds. The van der Waals surface area contributed by atoms with Gasteiger partial charge in [0.05, 0.1) is 17.3 Å². The van der Waals surface area contributed by atoms with E-state index in [1.807, 2.05) is 11.8 Å². The molecule has 0 aromatic carbocycles. The number of aromatic amines is 1. The van der Waals surface area contributed by atoms with E-state index < -0.39 is 0 Å². The maximum Gasteiger partial charge on any atom is 0.242 e. The lowest BCUT2D eigenvalue weighted by molar-refractivity contribution is -0.138. The molecular formula is C14H20N4O2S. The quantitative estimate of drug-likeness (QED) is 0.903. The summed E-state index contributed by atoms with van der Waals surface area (Å²) in [6.07, 6.45) is 2.05. The van der Waals surface area contributed by atoms with E-state index in [1.54, 1.807) is 16.7 Å². The molecule has 0 saturated carbocycles. The van der Waals surface area contributed by atoms with Crippen molar-refractivity contribution >= 4 is 23.6 Å². The van der Waals surface area contributed by atoms with E-state index in [2.05, 4.69) is 16.3 Å². The summed E-state index contributed by atoms with van der Waals surface area (Å²) < 4.78 is 0. The van der Waals surface area contributed by atoms with Crippen molar-refractivity contribution in [1.29, 1.82) is 0 Å². The van der Waals surface area contributed by atoms with Crippen LogP contribution >= 0.6 is 11.8 Å². The Hall–Kier alpha value is -1.50. The van der Waals surface area contributed by atoms with Gasteiger partial charge in [-0.3, -0.25) is 14.7 Å². The number of rotatable bonds is 3. The van der Waals surface area contributed by atoms with Gasteiger partial charge in [-0.1, -0.05) is 0 Å². The lowest BCUT2D eigenvalue weighted by atomic mass is 9.94. The SMILES string of the molecule is Cc1cc([C@H]2CCCN(C(=O)CN3CSCC3=O)C2)n[nH]1. The van der Waals surface area contributed by atoms with Gasteiger partial charge >= 0.3 is 0 Å². The van der Waals surface area contributed by atoms with E-state index in [0.717, 1.165) is 30.8 Å². The lowest BCUT2D eigenvalue weighted by Crippen LogP contribution is -2.45. The Morgan fingerprint density at radius 3 is 3.10 bits per heavy atom. The van der Waals surface area contributed by atoms with Crippen molar-refractivity contribution in [2.45, 2.75) is 25.7 Å². The molecule has 1 aromatic rings. The highest BCUT2D eigenvalue weighted by Crippen LogP contribution is 2.26. The van der Waals surface area contributed by atoms with Crippen molar-refractivity contribution in [2.24, 2.45) is 0 Å². The molecule has 7 heteroatoms. The van der Waals surface area contributed by atoms with Crippen LogP contribution in [0.5, 0.6) is 0 Å². The van der Waals surface area contributed by atoms with Crippen molar-refractivity contribution < 1.29 is 9.59 Å². The van der Waals surface area contributed by atoms with E-state index in [9.17, 15) is 9.59 Å². The molecule has 0 spiro atoms. The van der Waals surface area contributed by atoms with Gasteiger partial charge in [-0.25, -0.2) is 0 Å². The van der Waals surface area contributed by atoms with Crippen LogP contribution in [-0.4, -0.2) is 63.1 Å². The standard InChI is InChI=1S/C14H20N4O2S/c1-10-5-12(16-15-10)11-3-2-4-17(6-11)13(19)7-18-9-21-8-14(18)20/h5,11H,2-4,6-9H2,1H3,(H,15,16)/t11-/m0/s1. The number of hydrogen-bond acceptors (Lipinski definition) is 4. The second-order valence-electron chi connectivity index (χ2n) is 5.72. The average Bonchev–Trinajstić information content (AvgIpc) is 3.08. The van der Waals surface area contributed by atoms with Gasteiger partial charge in [0.2, 0.25) is 11.8 Å². The fourth-order valence-electron chi connectivity index (χ4n) is 2.90.